The van der Waals surface area contributed by atoms with E-state index in [4.69, 9.17) is 9.72 Å². The number of nitrogens with zero attached hydrogens (tertiary/aromatic N) is 3. The van der Waals surface area contributed by atoms with Crippen LogP contribution in [0.25, 0.3) is 0 Å². The summed E-state index contributed by atoms with van der Waals surface area (Å²) in [6, 6.07) is 16.5. The van der Waals surface area contributed by atoms with Gasteiger partial charge in [0.2, 0.25) is 5.95 Å². The van der Waals surface area contributed by atoms with Crippen LogP contribution in [0.1, 0.15) is 59.9 Å². The minimum atomic E-state index is -0.995. The van der Waals surface area contributed by atoms with Crippen LogP contribution in [0.5, 0.6) is 5.75 Å². The average molecular weight is 524 g/mol. The number of hydrogen-bond acceptors (Lipinski definition) is 5. The number of aryl methyl sites for hydroxylation is 2. The first-order chi connectivity index (χ1) is 16.4. The Hall–Kier alpha value is -2.93. The van der Waals surface area contributed by atoms with Gasteiger partial charge in [-0.2, -0.15) is 0 Å². The molecule has 0 aliphatic carbocycles. The highest BCUT2D eigenvalue weighted by Gasteiger charge is 2.29. The molecule has 0 amide bonds. The van der Waals surface area contributed by atoms with E-state index in [1.807, 2.05) is 36.4 Å². The summed E-state index contributed by atoms with van der Waals surface area (Å²) in [5, 5.41) is 9.70. The molecule has 1 N–H and O–H groups in total. The number of aromatic nitrogens is 2. The third-order valence-corrected chi connectivity index (χ3v) is 6.54. The number of aromatic carboxylic acids is 1. The van der Waals surface area contributed by atoms with Gasteiger partial charge in [0.15, 0.2) is 0 Å². The number of carbonyl (C=O) groups is 1. The van der Waals surface area contributed by atoms with E-state index >= 15 is 0 Å². The Kier molecular flexibility index (Phi) is 7.83. The van der Waals surface area contributed by atoms with Gasteiger partial charge in [0.05, 0.1) is 23.9 Å². The zero-order valence-electron chi connectivity index (χ0n) is 19.6. The quantitative estimate of drug-likeness (QED) is 0.365. The molecule has 1 atom stereocenters. The maximum Gasteiger partial charge on any atom is 0.339 e. The summed E-state index contributed by atoms with van der Waals surface area (Å²) in [5.74, 6) is 0.925. The molecule has 0 unspecified atom stereocenters. The third kappa shape index (κ3) is 5.95. The first-order valence-electron chi connectivity index (χ1n) is 11.7. The second kappa shape index (κ2) is 11.0. The molecule has 1 aliphatic rings. The largest absolute Gasteiger partial charge is 0.493 e. The topological polar surface area (TPSA) is 75.5 Å². The van der Waals surface area contributed by atoms with Crippen LogP contribution < -0.4 is 9.64 Å². The Labute approximate surface area is 209 Å². The molecule has 34 heavy (non-hydrogen) atoms. The third-order valence-electron chi connectivity index (χ3n) is 6.01. The van der Waals surface area contributed by atoms with Crippen molar-refractivity contribution in [1.29, 1.82) is 0 Å². The maximum atomic E-state index is 11.8. The van der Waals surface area contributed by atoms with Crippen LogP contribution in [-0.4, -0.2) is 34.2 Å². The van der Waals surface area contributed by atoms with E-state index in [1.165, 1.54) is 11.8 Å². The van der Waals surface area contributed by atoms with Gasteiger partial charge in [-0.15, -0.1) is 0 Å². The van der Waals surface area contributed by atoms with E-state index in [0.717, 1.165) is 35.2 Å². The summed E-state index contributed by atoms with van der Waals surface area (Å²) in [4.78, 5) is 23.2. The summed E-state index contributed by atoms with van der Waals surface area (Å²) in [6.45, 7) is 5.77. The first-order valence-corrected chi connectivity index (χ1v) is 12.5. The molecule has 0 saturated carbocycles. The highest BCUT2D eigenvalue weighted by Crippen LogP contribution is 2.35. The fraction of sp³-hybridized carbons (Fsp3) is 0.370. The molecule has 1 fully saturated rings. The summed E-state index contributed by atoms with van der Waals surface area (Å²) in [5.41, 5.74) is 3.06. The number of halogens is 1. The molecule has 1 aromatic heterocycles. The fourth-order valence-corrected chi connectivity index (χ4v) is 4.49. The molecule has 0 radical (unpaired) electrons. The van der Waals surface area contributed by atoms with Crippen molar-refractivity contribution in [2.45, 2.75) is 45.6 Å². The second-order valence-electron chi connectivity index (χ2n) is 9.09. The summed E-state index contributed by atoms with van der Waals surface area (Å²) in [6.07, 6.45) is 4.74. The standard InChI is InChI=1S/C27H30BrN3O3/c1-18(2)17-34-22-12-5-19(6-13-22)7-14-24-23(26(32)33)16-29-27(30-24)31-15-3-4-25(31)20-8-10-21(28)11-9-20/h5-6,8-13,16,18,25H,3-4,7,14-15,17H2,1-2H3,(H,32,33)/t25-/m0/s1. The lowest BCUT2D eigenvalue weighted by molar-refractivity contribution is 0.0694. The van der Waals surface area contributed by atoms with Crippen LogP contribution in [0, 0.1) is 5.92 Å². The van der Waals surface area contributed by atoms with Gasteiger partial charge in [-0.1, -0.05) is 54.0 Å². The highest BCUT2D eigenvalue weighted by atomic mass is 79.9. The van der Waals surface area contributed by atoms with Crippen molar-refractivity contribution in [2.75, 3.05) is 18.1 Å². The van der Waals surface area contributed by atoms with E-state index in [1.54, 1.807) is 0 Å². The van der Waals surface area contributed by atoms with Crippen LogP contribution in [-0.2, 0) is 12.8 Å². The van der Waals surface area contributed by atoms with E-state index in [0.29, 0.717) is 37.0 Å². The second-order valence-corrected chi connectivity index (χ2v) is 10.0. The number of hydrogen-bond donors (Lipinski definition) is 1. The number of rotatable bonds is 9. The van der Waals surface area contributed by atoms with Gasteiger partial charge in [-0.05, 0) is 67.0 Å². The van der Waals surface area contributed by atoms with Crippen molar-refractivity contribution in [2.24, 2.45) is 5.92 Å². The number of carboxylic acid groups (broad SMARTS) is 1. The van der Waals surface area contributed by atoms with Crippen LogP contribution in [0.4, 0.5) is 5.95 Å². The van der Waals surface area contributed by atoms with E-state index in [2.05, 4.69) is 51.8 Å². The van der Waals surface area contributed by atoms with Gasteiger partial charge in [0.1, 0.15) is 5.75 Å². The smallest absolute Gasteiger partial charge is 0.339 e. The Bertz CT molecular complexity index is 1120. The van der Waals surface area contributed by atoms with Crippen LogP contribution >= 0.6 is 15.9 Å². The van der Waals surface area contributed by atoms with Crippen LogP contribution in [0.2, 0.25) is 0 Å². The molecule has 7 heteroatoms. The van der Waals surface area contributed by atoms with Crippen molar-refractivity contribution >= 4 is 27.8 Å². The Morgan fingerprint density at radius 3 is 2.56 bits per heavy atom. The zero-order chi connectivity index (χ0) is 24.1. The maximum absolute atomic E-state index is 11.8. The summed E-state index contributed by atoms with van der Waals surface area (Å²) >= 11 is 3.50. The molecule has 2 heterocycles. The van der Waals surface area contributed by atoms with Gasteiger partial charge in [0, 0.05) is 17.2 Å². The van der Waals surface area contributed by atoms with E-state index < -0.39 is 5.97 Å². The SMILES string of the molecule is CC(C)COc1ccc(CCc2nc(N3CCC[C@H]3c3ccc(Br)cc3)ncc2C(=O)O)cc1. The van der Waals surface area contributed by atoms with Crippen LogP contribution in [0.15, 0.2) is 59.2 Å². The number of carboxylic acids is 1. The lowest BCUT2D eigenvalue weighted by Gasteiger charge is -2.25. The molecule has 178 valence electrons. The number of anilines is 1. The van der Waals surface area contributed by atoms with Gasteiger partial charge in [-0.25, -0.2) is 14.8 Å². The predicted molar refractivity (Wildman–Crippen MR) is 137 cm³/mol. The molecule has 0 spiro atoms. The Morgan fingerprint density at radius 2 is 1.88 bits per heavy atom. The molecule has 0 bridgehead atoms. The molecular weight excluding hydrogens is 494 g/mol. The van der Waals surface area contributed by atoms with Gasteiger partial charge in [0.25, 0.3) is 0 Å². The lowest BCUT2D eigenvalue weighted by atomic mass is 10.0. The van der Waals surface area contributed by atoms with Crippen molar-refractivity contribution in [1.82, 2.24) is 9.97 Å². The summed E-state index contributed by atoms with van der Waals surface area (Å²) in [7, 11) is 0. The molecule has 1 aliphatic heterocycles. The fourth-order valence-electron chi connectivity index (χ4n) is 4.23. The van der Waals surface area contributed by atoms with E-state index in [-0.39, 0.29) is 11.6 Å². The normalized spacial score (nSPS) is 15.6. The molecule has 2 aromatic carbocycles. The average Bonchev–Trinajstić information content (AvgIpc) is 3.32. The summed E-state index contributed by atoms with van der Waals surface area (Å²) < 4.78 is 6.80. The zero-order valence-corrected chi connectivity index (χ0v) is 21.2. The minimum absolute atomic E-state index is 0.167. The highest BCUT2D eigenvalue weighted by molar-refractivity contribution is 9.10. The minimum Gasteiger partial charge on any atom is -0.493 e. The lowest BCUT2D eigenvalue weighted by Crippen LogP contribution is -2.25. The van der Waals surface area contributed by atoms with Crippen molar-refractivity contribution in [3.63, 3.8) is 0 Å². The van der Waals surface area contributed by atoms with Crippen molar-refractivity contribution in [3.05, 3.63) is 81.6 Å². The van der Waals surface area contributed by atoms with Gasteiger partial charge in [-0.3, -0.25) is 0 Å². The van der Waals surface area contributed by atoms with Crippen LogP contribution in [0.3, 0.4) is 0 Å². The Balaban J connectivity index is 1.51. The molecular formula is C27H30BrN3O3. The van der Waals surface area contributed by atoms with Crippen molar-refractivity contribution in [3.8, 4) is 5.75 Å². The Morgan fingerprint density at radius 1 is 1.15 bits per heavy atom. The molecule has 1 saturated heterocycles. The van der Waals surface area contributed by atoms with Gasteiger partial charge < -0.3 is 14.7 Å². The predicted octanol–water partition coefficient (Wildman–Crippen LogP) is 6.10. The monoisotopic (exact) mass is 523 g/mol. The first kappa shape index (κ1) is 24.2. The van der Waals surface area contributed by atoms with E-state index in [9.17, 15) is 9.90 Å². The van der Waals surface area contributed by atoms with Crippen molar-refractivity contribution < 1.29 is 14.6 Å². The molecule has 3 aromatic rings. The number of benzene rings is 2. The molecule has 4 rings (SSSR count). The number of ether oxygens (including phenoxy) is 1. The molecule has 6 nitrogen and oxygen atoms in total. The van der Waals surface area contributed by atoms with Gasteiger partial charge >= 0.3 is 5.97 Å².